The number of benzene rings is 1. The van der Waals surface area contributed by atoms with Crippen LogP contribution >= 0.6 is 0 Å². The fourth-order valence-corrected chi connectivity index (χ4v) is 4.78. The summed E-state index contributed by atoms with van der Waals surface area (Å²) in [4.78, 5) is 27.4. The second-order valence-electron chi connectivity index (χ2n) is 9.01. The van der Waals surface area contributed by atoms with Gasteiger partial charge in [0.2, 0.25) is 11.6 Å². The van der Waals surface area contributed by atoms with Gasteiger partial charge in [0, 0.05) is 37.9 Å². The molecule has 2 aromatic heterocycles. The molecule has 4 heterocycles. The molecule has 11 nitrogen and oxygen atoms in total. The van der Waals surface area contributed by atoms with Crippen LogP contribution in [0.1, 0.15) is 28.5 Å². The third-order valence-corrected chi connectivity index (χ3v) is 6.75. The molecule has 0 spiro atoms. The molecule has 1 aromatic carbocycles. The number of morpholine rings is 1. The molecule has 2 aliphatic rings. The Balaban J connectivity index is 1.26. The highest BCUT2D eigenvalue weighted by molar-refractivity contribution is 5.79. The molecule has 0 aliphatic carbocycles. The van der Waals surface area contributed by atoms with Crippen molar-refractivity contribution in [3.8, 4) is 5.95 Å². The van der Waals surface area contributed by atoms with Crippen LogP contribution in [0.2, 0.25) is 0 Å². The number of rotatable bonds is 4. The lowest BCUT2D eigenvalue weighted by Gasteiger charge is -2.46. The number of alkyl halides is 3. The zero-order valence-corrected chi connectivity index (χ0v) is 20.1. The number of nitrogens with zero attached hydrogens (tertiary/aromatic N) is 9. The standard InChI is InChI=1S/C23H21F4N9O2/c1-13-16(3-4-17(24)20(13)28-2)18-10-34-5-6-35(9-15(34)11-38-18)19(37)7-14-8-29-22(36-12-30-32-33-36)31-21(14)23(25,26)27/h3-4,8,12,15,18H,5-7,9-11H2,1H3/t15-,18-/m0/s1. The van der Waals surface area contributed by atoms with E-state index in [2.05, 4.69) is 35.2 Å². The molecule has 0 bridgehead atoms. The van der Waals surface area contributed by atoms with E-state index >= 15 is 0 Å². The third-order valence-electron chi connectivity index (χ3n) is 6.75. The zero-order valence-electron chi connectivity index (χ0n) is 20.1. The Kier molecular flexibility index (Phi) is 6.76. The molecule has 0 unspecified atom stereocenters. The first-order valence-corrected chi connectivity index (χ1v) is 11.6. The Hall–Kier alpha value is -4.03. The van der Waals surface area contributed by atoms with E-state index in [4.69, 9.17) is 11.3 Å². The lowest BCUT2D eigenvalue weighted by atomic mass is 9.98. The summed E-state index contributed by atoms with van der Waals surface area (Å²) in [7, 11) is 0. The largest absolute Gasteiger partial charge is 0.433 e. The van der Waals surface area contributed by atoms with E-state index in [-0.39, 0.29) is 42.5 Å². The van der Waals surface area contributed by atoms with Gasteiger partial charge in [0.15, 0.2) is 5.69 Å². The van der Waals surface area contributed by atoms with Crippen LogP contribution in [0.3, 0.4) is 0 Å². The van der Waals surface area contributed by atoms with E-state index < -0.39 is 30.0 Å². The minimum atomic E-state index is -4.81. The summed E-state index contributed by atoms with van der Waals surface area (Å²) in [6.07, 6.45) is -3.65. The van der Waals surface area contributed by atoms with Crippen molar-refractivity contribution in [1.29, 1.82) is 0 Å². The molecule has 1 amide bonds. The van der Waals surface area contributed by atoms with Gasteiger partial charge in [-0.3, -0.25) is 9.69 Å². The number of hydrogen-bond acceptors (Lipinski definition) is 8. The average Bonchev–Trinajstić information content (AvgIpc) is 3.43. The minimum absolute atomic E-state index is 0.0307. The molecule has 15 heteroatoms. The number of halogens is 4. The summed E-state index contributed by atoms with van der Waals surface area (Å²) in [6.45, 7) is 10.8. The molecule has 0 radical (unpaired) electrons. The maximum Gasteiger partial charge on any atom is 0.433 e. The average molecular weight is 531 g/mol. The maximum absolute atomic E-state index is 13.9. The van der Waals surface area contributed by atoms with E-state index in [0.29, 0.717) is 25.2 Å². The van der Waals surface area contributed by atoms with Crippen LogP contribution in [0, 0.1) is 19.3 Å². The molecule has 3 aromatic rings. The Bertz CT molecular complexity index is 1390. The predicted octanol–water partition coefficient (Wildman–Crippen LogP) is 2.30. The molecule has 0 N–H and O–H groups in total. The van der Waals surface area contributed by atoms with Gasteiger partial charge in [-0.25, -0.2) is 19.2 Å². The van der Waals surface area contributed by atoms with Crippen molar-refractivity contribution in [2.24, 2.45) is 0 Å². The molecule has 198 valence electrons. The quantitative estimate of drug-likeness (QED) is 0.373. The number of fused-ring (bicyclic) bond motifs is 1. The van der Waals surface area contributed by atoms with Crippen LogP contribution in [-0.2, 0) is 22.1 Å². The summed E-state index contributed by atoms with van der Waals surface area (Å²) in [5, 5.41) is 10.2. The first-order valence-electron chi connectivity index (χ1n) is 11.6. The zero-order chi connectivity index (χ0) is 27.0. The van der Waals surface area contributed by atoms with E-state index in [0.717, 1.165) is 22.8 Å². The second kappa shape index (κ2) is 10.0. The normalized spacial score (nSPS) is 20.2. The Morgan fingerprint density at radius 3 is 2.79 bits per heavy atom. The van der Waals surface area contributed by atoms with Crippen molar-refractivity contribution in [2.45, 2.75) is 31.7 Å². The summed E-state index contributed by atoms with van der Waals surface area (Å²) < 4.78 is 62.0. The van der Waals surface area contributed by atoms with Gasteiger partial charge in [0.1, 0.15) is 12.1 Å². The van der Waals surface area contributed by atoms with Gasteiger partial charge in [0.25, 0.3) is 5.95 Å². The van der Waals surface area contributed by atoms with Gasteiger partial charge in [-0.1, -0.05) is 6.07 Å². The molecule has 38 heavy (non-hydrogen) atoms. The number of hydrogen-bond donors (Lipinski definition) is 0. The highest BCUT2D eigenvalue weighted by atomic mass is 19.4. The van der Waals surface area contributed by atoms with Crippen molar-refractivity contribution in [1.82, 2.24) is 40.0 Å². The van der Waals surface area contributed by atoms with Gasteiger partial charge in [-0.05, 0) is 34.5 Å². The first kappa shape index (κ1) is 25.6. The van der Waals surface area contributed by atoms with Crippen LogP contribution in [0.25, 0.3) is 10.8 Å². The van der Waals surface area contributed by atoms with Crippen molar-refractivity contribution < 1.29 is 27.1 Å². The second-order valence-corrected chi connectivity index (χ2v) is 9.01. The lowest BCUT2D eigenvalue weighted by Crippen LogP contribution is -2.59. The number of ether oxygens (including phenoxy) is 1. The van der Waals surface area contributed by atoms with Crippen LogP contribution < -0.4 is 0 Å². The highest BCUT2D eigenvalue weighted by Gasteiger charge is 2.39. The fourth-order valence-electron chi connectivity index (χ4n) is 4.78. The fraction of sp³-hybridized carbons (Fsp3) is 0.435. The monoisotopic (exact) mass is 531 g/mol. The van der Waals surface area contributed by atoms with Crippen molar-refractivity contribution in [2.75, 3.05) is 32.8 Å². The van der Waals surface area contributed by atoms with E-state index in [1.54, 1.807) is 13.0 Å². The Morgan fingerprint density at radius 2 is 2.08 bits per heavy atom. The molecule has 5 rings (SSSR count). The molecular weight excluding hydrogens is 510 g/mol. The van der Waals surface area contributed by atoms with E-state index in [1.165, 1.54) is 11.0 Å². The summed E-state index contributed by atoms with van der Waals surface area (Å²) in [6, 6.07) is 2.73. The lowest BCUT2D eigenvalue weighted by molar-refractivity contribution is -0.143. The molecule has 2 saturated heterocycles. The summed E-state index contributed by atoms with van der Waals surface area (Å²) in [5.41, 5.74) is -0.326. The molecule has 2 fully saturated rings. The third kappa shape index (κ3) is 4.92. The van der Waals surface area contributed by atoms with Gasteiger partial charge in [-0.2, -0.15) is 17.9 Å². The van der Waals surface area contributed by atoms with Crippen molar-refractivity contribution in [3.05, 3.63) is 64.3 Å². The van der Waals surface area contributed by atoms with Crippen molar-refractivity contribution >= 4 is 11.6 Å². The molecule has 0 saturated carbocycles. The van der Waals surface area contributed by atoms with E-state index in [9.17, 15) is 22.4 Å². The topological polar surface area (TPSA) is 107 Å². The summed E-state index contributed by atoms with van der Waals surface area (Å²) >= 11 is 0. The summed E-state index contributed by atoms with van der Waals surface area (Å²) in [5.74, 6) is -1.42. The number of amides is 1. The van der Waals surface area contributed by atoms with Crippen LogP contribution in [0.5, 0.6) is 0 Å². The highest BCUT2D eigenvalue weighted by Crippen LogP contribution is 2.35. The maximum atomic E-state index is 13.9. The number of piperazine rings is 1. The molecule has 2 atom stereocenters. The molecular formula is C23H21F4N9O2. The van der Waals surface area contributed by atoms with Crippen LogP contribution in [0.4, 0.5) is 23.2 Å². The smallest absolute Gasteiger partial charge is 0.371 e. The molecule has 2 aliphatic heterocycles. The van der Waals surface area contributed by atoms with Gasteiger partial charge < -0.3 is 9.64 Å². The Morgan fingerprint density at radius 1 is 1.26 bits per heavy atom. The van der Waals surface area contributed by atoms with Gasteiger partial charge >= 0.3 is 6.18 Å². The van der Waals surface area contributed by atoms with Gasteiger partial charge in [0.05, 0.1) is 31.7 Å². The Labute approximate surface area is 213 Å². The SMILES string of the molecule is [C-]#[N+]c1c(F)ccc([C@@H]2CN3CCN(C(=O)Cc4cnc(-n5cnnn5)nc4C(F)(F)F)C[C@H]3CO2)c1C. The predicted molar refractivity (Wildman–Crippen MR) is 121 cm³/mol. The van der Waals surface area contributed by atoms with Crippen LogP contribution in [-0.4, -0.2) is 84.7 Å². The van der Waals surface area contributed by atoms with Crippen LogP contribution in [0.15, 0.2) is 24.7 Å². The number of carbonyl (C=O) groups is 1. The van der Waals surface area contributed by atoms with Crippen molar-refractivity contribution in [3.63, 3.8) is 0 Å². The first-order chi connectivity index (χ1) is 18.2. The number of tetrazole rings is 1. The van der Waals surface area contributed by atoms with E-state index in [1.807, 2.05) is 0 Å². The minimum Gasteiger partial charge on any atom is -0.371 e. The van der Waals surface area contributed by atoms with Gasteiger partial charge in [-0.15, -0.1) is 5.10 Å². The number of carbonyl (C=O) groups excluding carboxylic acids is 1. The number of aromatic nitrogens is 6.